The van der Waals surface area contributed by atoms with Crippen molar-refractivity contribution in [3.63, 3.8) is 0 Å². The number of likely N-dealkylation sites (tertiary alicyclic amines) is 1. The number of carboxylic acids is 1. The van der Waals surface area contributed by atoms with E-state index in [1.165, 1.54) is 0 Å². The number of hydrogen-bond donors (Lipinski definition) is 3. The van der Waals surface area contributed by atoms with Gasteiger partial charge in [0, 0.05) is 18.0 Å². The molecule has 3 heterocycles. The Morgan fingerprint density at radius 1 is 1.29 bits per heavy atom. The van der Waals surface area contributed by atoms with E-state index in [2.05, 4.69) is 15.1 Å². The van der Waals surface area contributed by atoms with E-state index in [4.69, 9.17) is 4.42 Å². The second-order valence-corrected chi connectivity index (χ2v) is 7.17. The molecule has 1 aliphatic rings. The van der Waals surface area contributed by atoms with Gasteiger partial charge in [-0.15, -0.1) is 0 Å². The van der Waals surface area contributed by atoms with E-state index in [-0.39, 0.29) is 12.2 Å². The van der Waals surface area contributed by atoms with Crippen LogP contribution in [0, 0.1) is 0 Å². The zero-order valence-corrected chi connectivity index (χ0v) is 15.5. The molecule has 0 aliphatic carbocycles. The first-order valence-corrected chi connectivity index (χ1v) is 9.43. The molecule has 1 saturated heterocycles. The first-order chi connectivity index (χ1) is 13.6. The minimum Gasteiger partial charge on any atom is -0.478 e. The number of aromatic carboxylic acids is 1. The van der Waals surface area contributed by atoms with Crippen molar-refractivity contribution in [1.29, 1.82) is 0 Å². The van der Waals surface area contributed by atoms with Crippen molar-refractivity contribution in [1.82, 2.24) is 15.1 Å². The molecular weight excluding hydrogens is 358 g/mol. The first kappa shape index (κ1) is 18.5. The van der Waals surface area contributed by atoms with Crippen molar-refractivity contribution in [3.05, 3.63) is 65.2 Å². The number of aliphatic hydroxyl groups is 1. The molecule has 2 aromatic heterocycles. The topological polar surface area (TPSA) is 103 Å². The number of carbonyl (C=O) groups is 1. The zero-order chi connectivity index (χ0) is 19.5. The third-order valence-corrected chi connectivity index (χ3v) is 5.21. The predicted octanol–water partition coefficient (Wildman–Crippen LogP) is 3.24. The highest BCUT2D eigenvalue weighted by Crippen LogP contribution is 2.29. The summed E-state index contributed by atoms with van der Waals surface area (Å²) >= 11 is 0. The lowest BCUT2D eigenvalue weighted by Gasteiger charge is -2.31. The third-order valence-electron chi connectivity index (χ3n) is 5.21. The number of aliphatic hydroxyl groups excluding tert-OH is 1. The fraction of sp³-hybridized carbons (Fsp3) is 0.333. The lowest BCUT2D eigenvalue weighted by molar-refractivity contribution is 0.0697. The number of nitrogens with zero attached hydrogens (tertiary/aromatic N) is 2. The number of rotatable bonds is 6. The van der Waals surface area contributed by atoms with E-state index in [1.807, 2.05) is 24.3 Å². The molecule has 0 amide bonds. The number of aromatic amines is 1. The summed E-state index contributed by atoms with van der Waals surface area (Å²) in [6, 6.07) is 12.5. The molecule has 3 aromatic rings. The van der Waals surface area contributed by atoms with Crippen LogP contribution >= 0.6 is 0 Å². The largest absolute Gasteiger partial charge is 0.478 e. The quantitative estimate of drug-likeness (QED) is 0.606. The Balaban J connectivity index is 1.46. The summed E-state index contributed by atoms with van der Waals surface area (Å²) in [4.78, 5) is 13.8. The van der Waals surface area contributed by atoms with Gasteiger partial charge in [-0.1, -0.05) is 18.2 Å². The molecule has 1 aromatic carbocycles. The summed E-state index contributed by atoms with van der Waals surface area (Å²) in [6.45, 7) is 2.49. The van der Waals surface area contributed by atoms with Crippen molar-refractivity contribution < 1.29 is 19.4 Å². The lowest BCUT2D eigenvalue weighted by Crippen LogP contribution is -2.33. The molecule has 1 aliphatic heterocycles. The van der Waals surface area contributed by atoms with Crippen molar-refractivity contribution in [2.24, 2.45) is 0 Å². The Bertz CT molecular complexity index is 962. The van der Waals surface area contributed by atoms with E-state index >= 15 is 0 Å². The average Bonchev–Trinajstić information content (AvgIpc) is 3.38. The van der Waals surface area contributed by atoms with Crippen LogP contribution in [0.1, 0.15) is 46.3 Å². The Morgan fingerprint density at radius 2 is 2.14 bits per heavy atom. The number of benzene rings is 1. The maximum atomic E-state index is 11.4. The molecule has 0 saturated carbocycles. The highest BCUT2D eigenvalue weighted by atomic mass is 16.4. The number of nitrogens with one attached hydrogen (secondary N) is 1. The van der Waals surface area contributed by atoms with Crippen LogP contribution in [0.3, 0.4) is 0 Å². The molecule has 0 radical (unpaired) electrons. The molecule has 28 heavy (non-hydrogen) atoms. The van der Waals surface area contributed by atoms with Crippen LogP contribution in [0.25, 0.3) is 11.3 Å². The molecule has 3 N–H and O–H groups in total. The molecule has 0 bridgehead atoms. The number of carboxylic acid groups (broad SMARTS) is 1. The molecule has 0 spiro atoms. The third kappa shape index (κ3) is 3.85. The van der Waals surface area contributed by atoms with Gasteiger partial charge in [-0.3, -0.25) is 10.00 Å². The number of aromatic nitrogens is 2. The van der Waals surface area contributed by atoms with Gasteiger partial charge in [-0.25, -0.2) is 4.79 Å². The maximum absolute atomic E-state index is 11.4. The maximum Gasteiger partial charge on any atom is 0.336 e. The van der Waals surface area contributed by atoms with Crippen LogP contribution in [0.2, 0.25) is 0 Å². The molecule has 1 fully saturated rings. The Kier molecular flexibility index (Phi) is 5.27. The van der Waals surface area contributed by atoms with Gasteiger partial charge in [0.1, 0.15) is 11.5 Å². The Hall–Kier alpha value is -2.90. The van der Waals surface area contributed by atoms with Gasteiger partial charge >= 0.3 is 5.97 Å². The van der Waals surface area contributed by atoms with E-state index < -0.39 is 5.97 Å². The van der Waals surface area contributed by atoms with E-state index in [0.29, 0.717) is 23.8 Å². The molecular formula is C21H23N3O4. The molecule has 4 rings (SSSR count). The van der Waals surface area contributed by atoms with Crippen LogP contribution < -0.4 is 0 Å². The fourth-order valence-corrected chi connectivity index (χ4v) is 3.82. The molecule has 7 nitrogen and oxygen atoms in total. The molecule has 0 unspecified atom stereocenters. The minimum atomic E-state index is -0.964. The number of hydrogen-bond acceptors (Lipinski definition) is 5. The van der Waals surface area contributed by atoms with Crippen molar-refractivity contribution in [2.75, 3.05) is 13.1 Å². The van der Waals surface area contributed by atoms with Crippen LogP contribution in [0.15, 0.2) is 46.9 Å². The predicted molar refractivity (Wildman–Crippen MR) is 103 cm³/mol. The summed E-state index contributed by atoms with van der Waals surface area (Å²) in [5, 5.41) is 25.8. The van der Waals surface area contributed by atoms with Gasteiger partial charge in [0.2, 0.25) is 0 Å². The molecule has 1 atom stereocenters. The van der Waals surface area contributed by atoms with Crippen LogP contribution in [0.5, 0.6) is 0 Å². The van der Waals surface area contributed by atoms with Crippen molar-refractivity contribution in [3.8, 4) is 11.3 Å². The van der Waals surface area contributed by atoms with E-state index in [1.54, 1.807) is 18.2 Å². The zero-order valence-electron chi connectivity index (χ0n) is 15.5. The van der Waals surface area contributed by atoms with Gasteiger partial charge in [0.05, 0.1) is 30.1 Å². The standard InChI is InChI=1S/C21H23N3O4/c25-13-15-10-19(23-22-15)14-4-3-9-24(11-14)12-16-7-8-20(28-16)17-5-1-2-6-18(17)21(26)27/h1-2,5-8,10,14,25H,3-4,9,11-13H2,(H,22,23)(H,26,27)/t14-/m1/s1. The monoisotopic (exact) mass is 381 g/mol. The highest BCUT2D eigenvalue weighted by Gasteiger charge is 2.24. The number of H-pyrrole nitrogens is 1. The van der Waals surface area contributed by atoms with Gasteiger partial charge in [0.15, 0.2) is 0 Å². The van der Waals surface area contributed by atoms with Crippen LogP contribution in [-0.4, -0.2) is 44.4 Å². The minimum absolute atomic E-state index is 0.0313. The van der Waals surface area contributed by atoms with Gasteiger partial charge in [-0.2, -0.15) is 5.10 Å². The summed E-state index contributed by atoms with van der Waals surface area (Å²) in [5.74, 6) is 0.747. The normalized spacial score (nSPS) is 17.7. The van der Waals surface area contributed by atoms with Crippen LogP contribution in [-0.2, 0) is 13.2 Å². The van der Waals surface area contributed by atoms with Crippen molar-refractivity contribution >= 4 is 5.97 Å². The van der Waals surface area contributed by atoms with Gasteiger partial charge < -0.3 is 14.6 Å². The van der Waals surface area contributed by atoms with E-state index in [9.17, 15) is 15.0 Å². The summed E-state index contributed by atoms with van der Waals surface area (Å²) in [7, 11) is 0. The number of furan rings is 1. The second-order valence-electron chi connectivity index (χ2n) is 7.17. The Labute approximate surface area is 162 Å². The molecule has 7 heteroatoms. The van der Waals surface area contributed by atoms with Crippen molar-refractivity contribution in [2.45, 2.75) is 31.9 Å². The fourth-order valence-electron chi connectivity index (χ4n) is 3.82. The highest BCUT2D eigenvalue weighted by molar-refractivity contribution is 5.95. The first-order valence-electron chi connectivity index (χ1n) is 9.43. The molecule has 146 valence electrons. The van der Waals surface area contributed by atoms with Gasteiger partial charge in [-0.05, 0) is 43.7 Å². The van der Waals surface area contributed by atoms with E-state index in [0.717, 1.165) is 43.1 Å². The number of piperidine rings is 1. The Morgan fingerprint density at radius 3 is 2.93 bits per heavy atom. The second kappa shape index (κ2) is 8.00. The van der Waals surface area contributed by atoms with Gasteiger partial charge in [0.25, 0.3) is 0 Å². The smallest absolute Gasteiger partial charge is 0.336 e. The summed E-state index contributed by atoms with van der Waals surface area (Å²) in [6.07, 6.45) is 2.14. The summed E-state index contributed by atoms with van der Waals surface area (Å²) < 4.78 is 5.97. The van der Waals surface area contributed by atoms with Crippen LogP contribution in [0.4, 0.5) is 0 Å². The SMILES string of the molecule is O=C(O)c1ccccc1-c1ccc(CN2CCC[C@@H](c3cc(CO)[nH]n3)C2)o1. The lowest BCUT2D eigenvalue weighted by atomic mass is 9.94. The summed E-state index contributed by atoms with van der Waals surface area (Å²) in [5.41, 5.74) is 2.55. The average molecular weight is 381 g/mol.